The molecule has 2 aromatic carbocycles. The molecule has 1 aliphatic rings. The second kappa shape index (κ2) is 11.5. The monoisotopic (exact) mass is 508 g/mol. The van der Waals surface area contributed by atoms with Crippen LogP contribution in [0.15, 0.2) is 53.4 Å². The van der Waals surface area contributed by atoms with Gasteiger partial charge in [-0.3, -0.25) is 14.4 Å². The summed E-state index contributed by atoms with van der Waals surface area (Å²) < 4.78 is 36.9. The Balaban J connectivity index is 1.43. The van der Waals surface area contributed by atoms with E-state index in [0.29, 0.717) is 16.3 Å². The molecule has 9 nitrogen and oxygen atoms in total. The zero-order chi connectivity index (χ0) is 24.7. The molecule has 0 aromatic heterocycles. The molecule has 182 valence electrons. The largest absolute Gasteiger partial charge is 0.496 e. The number of methoxy groups -OCH3 is 1. The number of ketones is 1. The van der Waals surface area contributed by atoms with Crippen LogP contribution in [0.3, 0.4) is 0 Å². The Kier molecular flexibility index (Phi) is 8.65. The number of carbonyl (C=O) groups excluding carboxylic acids is 3. The molecule has 0 bridgehead atoms. The van der Waals surface area contributed by atoms with Gasteiger partial charge in [-0.15, -0.1) is 0 Å². The fraction of sp³-hybridized carbons (Fsp3) is 0.348. The van der Waals surface area contributed by atoms with Gasteiger partial charge in [0.2, 0.25) is 21.7 Å². The van der Waals surface area contributed by atoms with Gasteiger partial charge in [-0.2, -0.15) is 4.31 Å². The smallest absolute Gasteiger partial charge is 0.306 e. The minimum atomic E-state index is -3.68. The number of Topliss-reactive ketones (excluding diaryl/α,β-unsaturated/α-hetero) is 1. The highest BCUT2D eigenvalue weighted by atomic mass is 35.5. The standard InChI is InChI=1S/C23H25ClN2O7S/c1-32-21-5-3-2-4-19(21)20(27)16-33-23(29)11-10-22(28)25-12-14-26(15-13-25)34(30,31)18-8-6-17(24)7-9-18/h2-9H,10-16H2,1H3. The Morgan fingerprint density at radius 3 is 2.24 bits per heavy atom. The van der Waals surface area contributed by atoms with Gasteiger partial charge in [-0.1, -0.05) is 23.7 Å². The van der Waals surface area contributed by atoms with E-state index in [9.17, 15) is 22.8 Å². The Hall–Kier alpha value is -2.95. The van der Waals surface area contributed by atoms with E-state index >= 15 is 0 Å². The van der Waals surface area contributed by atoms with E-state index in [2.05, 4.69) is 0 Å². The van der Waals surface area contributed by atoms with Gasteiger partial charge in [0.05, 0.1) is 24.0 Å². The van der Waals surface area contributed by atoms with Crippen LogP contribution in [0.25, 0.3) is 0 Å². The van der Waals surface area contributed by atoms with Crippen LogP contribution in [0.4, 0.5) is 0 Å². The molecule has 0 N–H and O–H groups in total. The van der Waals surface area contributed by atoms with Crippen molar-refractivity contribution in [3.8, 4) is 5.75 Å². The van der Waals surface area contributed by atoms with Gasteiger partial charge >= 0.3 is 5.97 Å². The van der Waals surface area contributed by atoms with Crippen molar-refractivity contribution in [2.45, 2.75) is 17.7 Å². The second-order valence-electron chi connectivity index (χ2n) is 7.52. The highest BCUT2D eigenvalue weighted by Gasteiger charge is 2.30. The number of halogens is 1. The minimum Gasteiger partial charge on any atom is -0.496 e. The van der Waals surface area contributed by atoms with Crippen LogP contribution in [-0.4, -0.2) is 75.2 Å². The molecule has 11 heteroatoms. The van der Waals surface area contributed by atoms with E-state index in [1.54, 1.807) is 24.3 Å². The molecule has 3 rings (SSSR count). The molecule has 1 fully saturated rings. The number of ether oxygens (including phenoxy) is 2. The molecular formula is C23H25ClN2O7S. The molecule has 2 aromatic rings. The van der Waals surface area contributed by atoms with Crippen LogP contribution in [-0.2, 0) is 24.3 Å². The summed E-state index contributed by atoms with van der Waals surface area (Å²) in [6.07, 6.45) is -0.271. The summed E-state index contributed by atoms with van der Waals surface area (Å²) in [6, 6.07) is 12.5. The van der Waals surface area contributed by atoms with Crippen LogP contribution in [0.2, 0.25) is 5.02 Å². The normalized spacial score (nSPS) is 14.5. The maximum absolute atomic E-state index is 12.7. The van der Waals surface area contributed by atoms with Crippen LogP contribution < -0.4 is 4.74 Å². The van der Waals surface area contributed by atoms with E-state index in [1.165, 1.54) is 40.6 Å². The molecule has 0 atom stereocenters. The lowest BCUT2D eigenvalue weighted by Gasteiger charge is -2.34. The van der Waals surface area contributed by atoms with Crippen molar-refractivity contribution in [1.29, 1.82) is 0 Å². The van der Waals surface area contributed by atoms with E-state index in [-0.39, 0.29) is 49.8 Å². The number of esters is 1. The topological polar surface area (TPSA) is 110 Å². The molecule has 0 saturated carbocycles. The van der Waals surface area contributed by atoms with Gasteiger partial charge in [0.15, 0.2) is 6.61 Å². The first-order valence-electron chi connectivity index (χ1n) is 10.6. The third kappa shape index (κ3) is 6.34. The molecule has 34 heavy (non-hydrogen) atoms. The number of hydrogen-bond donors (Lipinski definition) is 0. The molecular weight excluding hydrogens is 484 g/mol. The lowest BCUT2D eigenvalue weighted by molar-refractivity contribution is -0.145. The van der Waals surface area contributed by atoms with Crippen LogP contribution in [0, 0.1) is 0 Å². The maximum atomic E-state index is 12.7. The fourth-order valence-electron chi connectivity index (χ4n) is 3.47. The summed E-state index contributed by atoms with van der Waals surface area (Å²) in [4.78, 5) is 38.4. The quantitative estimate of drug-likeness (QED) is 0.378. The zero-order valence-corrected chi connectivity index (χ0v) is 20.2. The molecule has 0 aliphatic carbocycles. The summed E-state index contributed by atoms with van der Waals surface area (Å²) in [5, 5.41) is 0.442. The highest BCUT2D eigenvalue weighted by molar-refractivity contribution is 7.89. The minimum absolute atomic E-state index is 0.0917. The number of rotatable bonds is 9. The number of nitrogens with zero attached hydrogens (tertiary/aromatic N) is 2. The van der Waals surface area contributed by atoms with E-state index in [1.807, 2.05) is 0 Å². The maximum Gasteiger partial charge on any atom is 0.306 e. The Bertz CT molecular complexity index is 1140. The van der Waals surface area contributed by atoms with Crippen molar-refractivity contribution in [3.63, 3.8) is 0 Å². The van der Waals surface area contributed by atoms with Gasteiger partial charge in [0.25, 0.3) is 0 Å². The van der Waals surface area contributed by atoms with Gasteiger partial charge in [-0.25, -0.2) is 8.42 Å². The summed E-state index contributed by atoms with van der Waals surface area (Å²) >= 11 is 5.82. The van der Waals surface area contributed by atoms with E-state index in [0.717, 1.165) is 0 Å². The first-order chi connectivity index (χ1) is 16.2. The predicted octanol–water partition coefficient (Wildman–Crippen LogP) is 2.39. The van der Waals surface area contributed by atoms with Gasteiger partial charge in [0.1, 0.15) is 5.75 Å². The van der Waals surface area contributed by atoms with Crippen molar-refractivity contribution in [1.82, 2.24) is 9.21 Å². The summed E-state index contributed by atoms with van der Waals surface area (Å²) in [7, 11) is -2.23. The Morgan fingerprint density at radius 1 is 0.941 bits per heavy atom. The first-order valence-corrected chi connectivity index (χ1v) is 12.4. The lowest BCUT2D eigenvalue weighted by Crippen LogP contribution is -2.50. The lowest BCUT2D eigenvalue weighted by atomic mass is 10.1. The van der Waals surface area contributed by atoms with E-state index < -0.39 is 28.4 Å². The first kappa shape index (κ1) is 25.7. The fourth-order valence-corrected chi connectivity index (χ4v) is 5.02. The third-order valence-corrected chi connectivity index (χ3v) is 7.52. The molecule has 1 amide bonds. The number of para-hydroxylation sites is 1. The van der Waals surface area contributed by atoms with Crippen molar-refractivity contribution in [3.05, 3.63) is 59.1 Å². The molecule has 0 unspecified atom stereocenters. The van der Waals surface area contributed by atoms with Gasteiger partial charge in [-0.05, 0) is 36.4 Å². The van der Waals surface area contributed by atoms with Crippen molar-refractivity contribution < 1.29 is 32.3 Å². The number of amides is 1. The van der Waals surface area contributed by atoms with Crippen molar-refractivity contribution in [2.75, 3.05) is 39.9 Å². The molecule has 1 aliphatic heterocycles. The number of carbonyl (C=O) groups is 3. The average molecular weight is 509 g/mol. The van der Waals surface area contributed by atoms with E-state index in [4.69, 9.17) is 21.1 Å². The number of sulfonamides is 1. The van der Waals surface area contributed by atoms with Crippen LogP contribution in [0.5, 0.6) is 5.75 Å². The molecule has 1 heterocycles. The van der Waals surface area contributed by atoms with Gasteiger partial charge in [0, 0.05) is 37.6 Å². The van der Waals surface area contributed by atoms with Crippen molar-refractivity contribution in [2.24, 2.45) is 0 Å². The molecule has 0 spiro atoms. The van der Waals surface area contributed by atoms with Gasteiger partial charge < -0.3 is 14.4 Å². The number of hydrogen-bond acceptors (Lipinski definition) is 7. The zero-order valence-electron chi connectivity index (χ0n) is 18.6. The molecule has 0 radical (unpaired) electrons. The molecule has 1 saturated heterocycles. The average Bonchev–Trinajstić information content (AvgIpc) is 2.86. The third-order valence-electron chi connectivity index (χ3n) is 5.36. The van der Waals surface area contributed by atoms with Crippen molar-refractivity contribution >= 4 is 39.3 Å². The van der Waals surface area contributed by atoms with Crippen LogP contribution >= 0.6 is 11.6 Å². The Labute approximate surface area is 203 Å². The van der Waals surface area contributed by atoms with Crippen LogP contribution in [0.1, 0.15) is 23.2 Å². The SMILES string of the molecule is COc1ccccc1C(=O)COC(=O)CCC(=O)N1CCN(S(=O)(=O)c2ccc(Cl)cc2)CC1. The second-order valence-corrected chi connectivity index (χ2v) is 9.90. The predicted molar refractivity (Wildman–Crippen MR) is 124 cm³/mol. The summed E-state index contributed by atoms with van der Waals surface area (Å²) in [5.74, 6) is -0.969. The highest BCUT2D eigenvalue weighted by Crippen LogP contribution is 2.20. The Morgan fingerprint density at radius 2 is 1.59 bits per heavy atom. The summed E-state index contributed by atoms with van der Waals surface area (Å²) in [5.41, 5.74) is 0.306. The number of benzene rings is 2. The summed E-state index contributed by atoms with van der Waals surface area (Å²) in [6.45, 7) is 0.276. The number of piperazine rings is 1.